The van der Waals surface area contributed by atoms with Gasteiger partial charge in [-0.1, -0.05) is 31.2 Å². The first-order valence-electron chi connectivity index (χ1n) is 8.61. The molecule has 0 saturated carbocycles. The Hall–Kier alpha value is -3.72. The SMILES string of the molecule is CCc1cccc(C)c1Nc1ccc(C(=O)Nc2cccc(C#N)c2)nn1. The van der Waals surface area contributed by atoms with Crippen molar-refractivity contribution in [3.8, 4) is 6.07 Å². The smallest absolute Gasteiger partial charge is 0.276 e. The monoisotopic (exact) mass is 357 g/mol. The molecular formula is C21H19N5O. The third kappa shape index (κ3) is 4.28. The van der Waals surface area contributed by atoms with E-state index in [1.807, 2.05) is 25.1 Å². The molecule has 6 heteroatoms. The zero-order chi connectivity index (χ0) is 19.2. The number of aryl methyl sites for hydroxylation is 2. The zero-order valence-corrected chi connectivity index (χ0v) is 15.2. The molecule has 1 heterocycles. The fourth-order valence-corrected chi connectivity index (χ4v) is 2.71. The van der Waals surface area contributed by atoms with Crippen LogP contribution in [0, 0.1) is 18.3 Å². The van der Waals surface area contributed by atoms with Gasteiger partial charge in [-0.15, -0.1) is 10.2 Å². The minimum Gasteiger partial charge on any atom is -0.338 e. The number of para-hydroxylation sites is 1. The van der Waals surface area contributed by atoms with E-state index in [1.54, 1.807) is 36.4 Å². The Morgan fingerprint density at radius 3 is 2.63 bits per heavy atom. The summed E-state index contributed by atoms with van der Waals surface area (Å²) in [5, 5.41) is 23.0. The van der Waals surface area contributed by atoms with Gasteiger partial charge in [-0.3, -0.25) is 4.79 Å². The van der Waals surface area contributed by atoms with E-state index in [1.165, 1.54) is 5.56 Å². The summed E-state index contributed by atoms with van der Waals surface area (Å²) < 4.78 is 0. The molecule has 2 N–H and O–H groups in total. The molecular weight excluding hydrogens is 338 g/mol. The number of carbonyl (C=O) groups is 1. The largest absolute Gasteiger partial charge is 0.338 e. The molecule has 0 radical (unpaired) electrons. The molecule has 134 valence electrons. The minimum absolute atomic E-state index is 0.198. The van der Waals surface area contributed by atoms with Gasteiger partial charge in [0.05, 0.1) is 11.6 Å². The summed E-state index contributed by atoms with van der Waals surface area (Å²) in [4.78, 5) is 12.3. The van der Waals surface area contributed by atoms with Crippen molar-refractivity contribution in [3.05, 3.63) is 77.0 Å². The number of anilines is 3. The Labute approximate surface area is 157 Å². The molecule has 0 bridgehead atoms. The number of nitrogens with one attached hydrogen (secondary N) is 2. The maximum absolute atomic E-state index is 12.3. The minimum atomic E-state index is -0.380. The summed E-state index contributed by atoms with van der Waals surface area (Å²) in [6, 6.07) is 18.2. The topological polar surface area (TPSA) is 90.7 Å². The van der Waals surface area contributed by atoms with Crippen LogP contribution in [0.2, 0.25) is 0 Å². The van der Waals surface area contributed by atoms with E-state index in [-0.39, 0.29) is 11.6 Å². The Bertz CT molecular complexity index is 1010. The van der Waals surface area contributed by atoms with E-state index < -0.39 is 0 Å². The van der Waals surface area contributed by atoms with Crippen LogP contribution < -0.4 is 10.6 Å². The highest BCUT2D eigenvalue weighted by atomic mass is 16.1. The maximum Gasteiger partial charge on any atom is 0.276 e. The summed E-state index contributed by atoms with van der Waals surface area (Å²) in [6.07, 6.45) is 0.902. The van der Waals surface area contributed by atoms with Gasteiger partial charge in [0.15, 0.2) is 11.5 Å². The first-order chi connectivity index (χ1) is 13.1. The van der Waals surface area contributed by atoms with Crippen LogP contribution in [-0.4, -0.2) is 16.1 Å². The second-order valence-electron chi connectivity index (χ2n) is 6.04. The fourth-order valence-electron chi connectivity index (χ4n) is 2.71. The maximum atomic E-state index is 12.3. The van der Waals surface area contributed by atoms with E-state index in [4.69, 9.17) is 5.26 Å². The predicted octanol–water partition coefficient (Wildman–Crippen LogP) is 4.22. The first-order valence-corrected chi connectivity index (χ1v) is 8.61. The molecule has 3 aromatic rings. The Morgan fingerprint density at radius 2 is 1.93 bits per heavy atom. The van der Waals surface area contributed by atoms with E-state index in [0.29, 0.717) is 17.1 Å². The number of benzene rings is 2. The molecule has 6 nitrogen and oxygen atoms in total. The molecule has 0 atom stereocenters. The van der Waals surface area contributed by atoms with Crippen LogP contribution in [0.1, 0.15) is 34.1 Å². The summed E-state index contributed by atoms with van der Waals surface area (Å²) in [5.41, 5.74) is 4.54. The van der Waals surface area contributed by atoms with Crippen LogP contribution in [-0.2, 0) is 6.42 Å². The van der Waals surface area contributed by atoms with Crippen molar-refractivity contribution >= 4 is 23.1 Å². The molecule has 1 amide bonds. The summed E-state index contributed by atoms with van der Waals surface area (Å²) >= 11 is 0. The van der Waals surface area contributed by atoms with Crippen LogP contribution in [0.25, 0.3) is 0 Å². The summed E-state index contributed by atoms with van der Waals surface area (Å²) in [6.45, 7) is 4.13. The number of carbonyl (C=O) groups excluding carboxylic acids is 1. The standard InChI is InChI=1S/C21H19N5O/c1-3-16-8-4-6-14(2)20(16)24-19-11-10-18(25-26-19)21(27)23-17-9-5-7-15(12-17)13-22/h4-12H,3H2,1-2H3,(H,23,27)(H,24,26). The van der Waals surface area contributed by atoms with Gasteiger partial charge >= 0.3 is 0 Å². The average molecular weight is 357 g/mol. The molecule has 0 aliphatic rings. The molecule has 0 fully saturated rings. The van der Waals surface area contributed by atoms with Gasteiger partial charge in [0.25, 0.3) is 5.91 Å². The molecule has 0 aliphatic carbocycles. The van der Waals surface area contributed by atoms with E-state index in [9.17, 15) is 4.79 Å². The van der Waals surface area contributed by atoms with Crippen molar-refractivity contribution in [2.24, 2.45) is 0 Å². The van der Waals surface area contributed by atoms with Gasteiger partial charge in [0.2, 0.25) is 0 Å². The molecule has 0 unspecified atom stereocenters. The van der Waals surface area contributed by atoms with E-state index in [0.717, 1.165) is 17.7 Å². The van der Waals surface area contributed by atoms with Crippen molar-refractivity contribution < 1.29 is 4.79 Å². The number of rotatable bonds is 5. The van der Waals surface area contributed by atoms with Crippen LogP contribution in [0.4, 0.5) is 17.2 Å². The van der Waals surface area contributed by atoms with Crippen LogP contribution in [0.15, 0.2) is 54.6 Å². The average Bonchev–Trinajstić information content (AvgIpc) is 2.70. The lowest BCUT2D eigenvalue weighted by Crippen LogP contribution is -2.14. The van der Waals surface area contributed by atoms with Crippen LogP contribution in [0.5, 0.6) is 0 Å². The molecule has 1 aromatic heterocycles. The lowest BCUT2D eigenvalue weighted by Gasteiger charge is -2.13. The Balaban J connectivity index is 1.74. The van der Waals surface area contributed by atoms with Crippen molar-refractivity contribution in [1.29, 1.82) is 5.26 Å². The number of amides is 1. The van der Waals surface area contributed by atoms with Crippen LogP contribution >= 0.6 is 0 Å². The molecule has 2 aromatic carbocycles. The first kappa shape index (κ1) is 18.1. The lowest BCUT2D eigenvalue weighted by atomic mass is 10.1. The molecule has 3 rings (SSSR count). The van der Waals surface area contributed by atoms with Gasteiger partial charge in [0, 0.05) is 11.4 Å². The Kier molecular flexibility index (Phi) is 5.43. The van der Waals surface area contributed by atoms with Crippen LogP contribution in [0.3, 0.4) is 0 Å². The van der Waals surface area contributed by atoms with Gasteiger partial charge in [-0.25, -0.2) is 0 Å². The summed E-state index contributed by atoms with van der Waals surface area (Å²) in [5.74, 6) is 0.191. The summed E-state index contributed by atoms with van der Waals surface area (Å²) in [7, 11) is 0. The second-order valence-corrected chi connectivity index (χ2v) is 6.04. The van der Waals surface area contributed by atoms with Crippen molar-refractivity contribution in [2.75, 3.05) is 10.6 Å². The highest BCUT2D eigenvalue weighted by Gasteiger charge is 2.10. The highest BCUT2D eigenvalue weighted by molar-refractivity contribution is 6.02. The third-order valence-electron chi connectivity index (χ3n) is 4.14. The molecule has 27 heavy (non-hydrogen) atoms. The van der Waals surface area contributed by atoms with Crippen molar-refractivity contribution in [2.45, 2.75) is 20.3 Å². The predicted molar refractivity (Wildman–Crippen MR) is 105 cm³/mol. The molecule has 0 spiro atoms. The van der Waals surface area contributed by atoms with Crippen molar-refractivity contribution in [3.63, 3.8) is 0 Å². The quantitative estimate of drug-likeness (QED) is 0.713. The van der Waals surface area contributed by atoms with Gasteiger partial charge < -0.3 is 10.6 Å². The number of hydrogen-bond acceptors (Lipinski definition) is 5. The second kappa shape index (κ2) is 8.11. The fraction of sp³-hybridized carbons (Fsp3) is 0.143. The number of nitriles is 1. The molecule has 0 aliphatic heterocycles. The van der Waals surface area contributed by atoms with Crippen molar-refractivity contribution in [1.82, 2.24) is 10.2 Å². The van der Waals surface area contributed by atoms with E-state index in [2.05, 4.69) is 33.8 Å². The zero-order valence-electron chi connectivity index (χ0n) is 15.2. The van der Waals surface area contributed by atoms with E-state index >= 15 is 0 Å². The number of hydrogen-bond donors (Lipinski definition) is 2. The normalized spacial score (nSPS) is 10.1. The van der Waals surface area contributed by atoms with Gasteiger partial charge in [-0.05, 0) is 54.8 Å². The number of aromatic nitrogens is 2. The Morgan fingerprint density at radius 1 is 1.11 bits per heavy atom. The number of nitrogens with zero attached hydrogens (tertiary/aromatic N) is 3. The van der Waals surface area contributed by atoms with Gasteiger partial charge in [-0.2, -0.15) is 5.26 Å². The molecule has 0 saturated heterocycles. The highest BCUT2D eigenvalue weighted by Crippen LogP contribution is 2.24. The third-order valence-corrected chi connectivity index (χ3v) is 4.14. The van der Waals surface area contributed by atoms with Gasteiger partial charge in [0.1, 0.15) is 0 Å². The lowest BCUT2D eigenvalue weighted by molar-refractivity contribution is 0.102.